The van der Waals surface area contributed by atoms with Gasteiger partial charge in [0.1, 0.15) is 10.8 Å². The molecular weight excluding hydrogens is 258 g/mol. The van der Waals surface area contributed by atoms with Crippen LogP contribution in [0.5, 0.6) is 0 Å². The summed E-state index contributed by atoms with van der Waals surface area (Å²) in [6.45, 7) is 0. The Kier molecular flexibility index (Phi) is 2.63. The average Bonchev–Trinajstić information content (AvgIpc) is 1.82. The van der Waals surface area contributed by atoms with Crippen LogP contribution >= 0.6 is 27.5 Å². The van der Waals surface area contributed by atoms with Crippen LogP contribution in [0, 0.1) is 0 Å². The van der Waals surface area contributed by atoms with Crippen molar-refractivity contribution >= 4 is 27.5 Å². The number of hydrogen-bond donors (Lipinski definition) is 0. The molecule has 1 nitrogen and oxygen atoms in total. The van der Waals surface area contributed by atoms with Crippen LogP contribution in [-0.4, -0.2) is 4.98 Å². The van der Waals surface area contributed by atoms with E-state index in [0.29, 0.717) is 0 Å². The molecule has 0 amide bonds. The minimum absolute atomic E-state index is 0.184. The van der Waals surface area contributed by atoms with Crippen LogP contribution in [0.25, 0.3) is 0 Å². The third-order valence-corrected chi connectivity index (χ3v) is 1.70. The molecule has 0 saturated carbocycles. The van der Waals surface area contributed by atoms with Crippen molar-refractivity contribution in [3.8, 4) is 0 Å². The van der Waals surface area contributed by atoms with E-state index in [9.17, 15) is 13.2 Å². The van der Waals surface area contributed by atoms with E-state index < -0.39 is 11.9 Å². The van der Waals surface area contributed by atoms with Gasteiger partial charge in [-0.25, -0.2) is 4.98 Å². The Balaban J connectivity index is 3.18. The van der Waals surface area contributed by atoms with E-state index in [1.807, 2.05) is 0 Å². The van der Waals surface area contributed by atoms with E-state index in [2.05, 4.69) is 20.9 Å². The lowest BCUT2D eigenvalue weighted by atomic mass is 10.3. The van der Waals surface area contributed by atoms with E-state index >= 15 is 0 Å². The predicted molar refractivity (Wildman–Crippen MR) is 41.9 cm³/mol. The molecule has 1 aromatic heterocycles. The maximum Gasteiger partial charge on any atom is 0.433 e. The Hall–Kier alpha value is -0.290. The molecular formula is C6H2BrClF3N. The van der Waals surface area contributed by atoms with Crippen molar-refractivity contribution < 1.29 is 13.2 Å². The number of hydrogen-bond acceptors (Lipinski definition) is 1. The number of aromatic nitrogens is 1. The molecule has 0 aliphatic heterocycles. The molecule has 0 saturated heterocycles. The minimum atomic E-state index is -4.45. The summed E-state index contributed by atoms with van der Waals surface area (Å²) in [4.78, 5) is 3.12. The zero-order valence-electron chi connectivity index (χ0n) is 5.49. The lowest BCUT2D eigenvalue weighted by Crippen LogP contribution is -2.07. The molecule has 1 aromatic rings. The van der Waals surface area contributed by atoms with Crippen molar-refractivity contribution in [1.82, 2.24) is 4.98 Å². The van der Waals surface area contributed by atoms with Crippen LogP contribution in [-0.2, 0) is 6.18 Å². The number of rotatable bonds is 0. The first kappa shape index (κ1) is 9.80. The maximum atomic E-state index is 12.0. The van der Waals surface area contributed by atoms with Crippen LogP contribution in [0.15, 0.2) is 16.6 Å². The third kappa shape index (κ3) is 2.35. The summed E-state index contributed by atoms with van der Waals surface area (Å²) < 4.78 is 36.3. The Morgan fingerprint density at radius 2 is 1.92 bits per heavy atom. The highest BCUT2D eigenvalue weighted by Gasteiger charge is 2.32. The highest BCUT2D eigenvalue weighted by atomic mass is 79.9. The van der Waals surface area contributed by atoms with Gasteiger partial charge in [-0.3, -0.25) is 0 Å². The smallest absolute Gasteiger partial charge is 0.232 e. The number of halogens is 5. The summed E-state index contributed by atoms with van der Waals surface area (Å²) >= 11 is 8.20. The van der Waals surface area contributed by atoms with E-state index in [-0.39, 0.29) is 9.63 Å². The quantitative estimate of drug-likeness (QED) is 0.650. The molecule has 0 N–H and O–H groups in total. The Bertz CT molecular complexity index is 279. The Labute approximate surface area is 79.7 Å². The topological polar surface area (TPSA) is 12.9 Å². The third-order valence-electron chi connectivity index (χ3n) is 1.05. The molecule has 0 aliphatic rings. The van der Waals surface area contributed by atoms with Crippen molar-refractivity contribution in [1.29, 1.82) is 0 Å². The van der Waals surface area contributed by atoms with E-state index in [1.54, 1.807) is 0 Å². The van der Waals surface area contributed by atoms with Crippen molar-refractivity contribution in [2.75, 3.05) is 0 Å². The molecule has 0 atom stereocenters. The fourth-order valence-electron chi connectivity index (χ4n) is 0.611. The van der Waals surface area contributed by atoms with Gasteiger partial charge in [-0.05, 0) is 12.1 Å². The first-order chi connectivity index (χ1) is 5.39. The van der Waals surface area contributed by atoms with E-state index in [1.165, 1.54) is 6.07 Å². The number of alkyl halides is 3. The summed E-state index contributed by atoms with van der Waals surface area (Å²) in [6, 6.07) is 2.16. The molecule has 12 heavy (non-hydrogen) atoms. The predicted octanol–water partition coefficient (Wildman–Crippen LogP) is 3.52. The lowest BCUT2D eigenvalue weighted by Gasteiger charge is -2.05. The summed E-state index contributed by atoms with van der Waals surface area (Å²) in [7, 11) is 0. The van der Waals surface area contributed by atoms with Crippen LogP contribution < -0.4 is 0 Å². The van der Waals surface area contributed by atoms with Crippen molar-refractivity contribution in [3.63, 3.8) is 0 Å². The SMILES string of the molecule is FC(F)(F)c1cc(Br)cc(Cl)n1. The molecule has 0 radical (unpaired) electrons. The van der Waals surface area contributed by atoms with Crippen LogP contribution in [0.1, 0.15) is 5.69 Å². The van der Waals surface area contributed by atoms with E-state index in [0.717, 1.165) is 6.07 Å². The first-order valence-electron chi connectivity index (χ1n) is 2.80. The Morgan fingerprint density at radius 3 is 2.33 bits per heavy atom. The lowest BCUT2D eigenvalue weighted by molar-refractivity contribution is -0.141. The molecule has 0 spiro atoms. The normalized spacial score (nSPS) is 11.8. The molecule has 0 fully saturated rings. The van der Waals surface area contributed by atoms with Gasteiger partial charge in [0.15, 0.2) is 0 Å². The molecule has 0 bridgehead atoms. The summed E-state index contributed by atoms with van der Waals surface area (Å²) in [5.74, 6) is 0. The van der Waals surface area contributed by atoms with Gasteiger partial charge in [-0.2, -0.15) is 13.2 Å². The second kappa shape index (κ2) is 3.22. The van der Waals surface area contributed by atoms with Crippen LogP contribution in [0.3, 0.4) is 0 Å². The van der Waals surface area contributed by atoms with Gasteiger partial charge in [0, 0.05) is 4.47 Å². The molecule has 1 rings (SSSR count). The maximum absolute atomic E-state index is 12.0. The second-order valence-electron chi connectivity index (χ2n) is 1.99. The van der Waals surface area contributed by atoms with Crippen molar-refractivity contribution in [2.45, 2.75) is 6.18 Å². The summed E-state index contributed by atoms with van der Waals surface area (Å²) in [5.41, 5.74) is -0.998. The van der Waals surface area contributed by atoms with Crippen molar-refractivity contribution in [3.05, 3.63) is 27.5 Å². The van der Waals surface area contributed by atoms with Crippen molar-refractivity contribution in [2.24, 2.45) is 0 Å². The van der Waals surface area contributed by atoms with Crippen LogP contribution in [0.4, 0.5) is 13.2 Å². The monoisotopic (exact) mass is 259 g/mol. The zero-order valence-corrected chi connectivity index (χ0v) is 7.83. The molecule has 0 unspecified atom stereocenters. The summed E-state index contributed by atoms with van der Waals surface area (Å²) in [5, 5.41) is -0.184. The molecule has 66 valence electrons. The fourth-order valence-corrected chi connectivity index (χ4v) is 1.38. The van der Waals surface area contributed by atoms with Gasteiger partial charge in [0.2, 0.25) is 0 Å². The first-order valence-corrected chi connectivity index (χ1v) is 3.97. The molecule has 0 aliphatic carbocycles. The highest BCUT2D eigenvalue weighted by Crippen LogP contribution is 2.30. The van der Waals surface area contributed by atoms with Crippen LogP contribution in [0.2, 0.25) is 5.15 Å². The van der Waals surface area contributed by atoms with Gasteiger partial charge in [0.25, 0.3) is 0 Å². The average molecular weight is 260 g/mol. The second-order valence-corrected chi connectivity index (χ2v) is 3.29. The fraction of sp³-hybridized carbons (Fsp3) is 0.167. The molecule has 0 aromatic carbocycles. The largest absolute Gasteiger partial charge is 0.433 e. The zero-order chi connectivity index (χ0) is 9.35. The Morgan fingerprint density at radius 1 is 1.33 bits per heavy atom. The summed E-state index contributed by atoms with van der Waals surface area (Å²) in [6.07, 6.45) is -4.45. The van der Waals surface area contributed by atoms with Gasteiger partial charge in [0.05, 0.1) is 0 Å². The van der Waals surface area contributed by atoms with Gasteiger partial charge in [-0.15, -0.1) is 0 Å². The molecule has 6 heteroatoms. The highest BCUT2D eigenvalue weighted by molar-refractivity contribution is 9.10. The number of nitrogens with zero attached hydrogens (tertiary/aromatic N) is 1. The standard InChI is InChI=1S/C6H2BrClF3N/c7-3-1-4(6(9,10)11)12-5(8)2-3/h1-2H. The van der Waals surface area contributed by atoms with E-state index in [4.69, 9.17) is 11.6 Å². The molecule has 1 heterocycles. The van der Waals surface area contributed by atoms with Gasteiger partial charge < -0.3 is 0 Å². The number of pyridine rings is 1. The van der Waals surface area contributed by atoms with Gasteiger partial charge in [-0.1, -0.05) is 27.5 Å². The van der Waals surface area contributed by atoms with Gasteiger partial charge >= 0.3 is 6.18 Å². The minimum Gasteiger partial charge on any atom is -0.232 e.